The summed E-state index contributed by atoms with van der Waals surface area (Å²) in [5.74, 6) is -2.70. The van der Waals surface area contributed by atoms with Gasteiger partial charge in [-0.25, -0.2) is 0 Å². The highest BCUT2D eigenvalue weighted by molar-refractivity contribution is 5.83. The minimum atomic E-state index is -0.953. The van der Waals surface area contributed by atoms with Crippen molar-refractivity contribution in [1.29, 1.82) is 0 Å². The fourth-order valence-electron chi connectivity index (χ4n) is 2.59. The zero-order valence-corrected chi connectivity index (χ0v) is 9.22. The lowest BCUT2D eigenvalue weighted by atomic mass is 9.79. The van der Waals surface area contributed by atoms with Gasteiger partial charge < -0.3 is 14.6 Å². The van der Waals surface area contributed by atoms with E-state index in [1.54, 1.807) is 0 Å². The normalized spacial score (nSPS) is 36.3. The lowest BCUT2D eigenvalue weighted by Crippen LogP contribution is -2.39. The molecule has 0 aromatic heterocycles. The van der Waals surface area contributed by atoms with E-state index >= 15 is 0 Å². The minimum Gasteiger partial charge on any atom is -0.481 e. The first-order valence-corrected chi connectivity index (χ1v) is 5.70. The van der Waals surface area contributed by atoms with Crippen LogP contribution >= 0.6 is 0 Å². The summed E-state index contributed by atoms with van der Waals surface area (Å²) in [6, 6.07) is 0. The predicted molar refractivity (Wildman–Crippen MR) is 53.8 cm³/mol. The lowest BCUT2D eigenvalue weighted by molar-refractivity contribution is -0.158. The second-order valence-electron chi connectivity index (χ2n) is 4.35. The summed E-state index contributed by atoms with van der Waals surface area (Å²) in [4.78, 5) is 22.8. The van der Waals surface area contributed by atoms with Gasteiger partial charge in [0.2, 0.25) is 0 Å². The molecule has 0 spiro atoms. The van der Waals surface area contributed by atoms with Crippen LogP contribution in [0.5, 0.6) is 0 Å². The molecule has 1 N–H and O–H groups in total. The first kappa shape index (κ1) is 11.4. The number of fused-ring (bicyclic) bond motifs is 2. The number of hydrogen-bond donors (Lipinski definition) is 1. The number of ether oxygens (including phenoxy) is 2. The Labute approximate surface area is 93.7 Å². The van der Waals surface area contributed by atoms with Crippen molar-refractivity contribution < 1.29 is 24.2 Å². The molecule has 2 aliphatic heterocycles. The van der Waals surface area contributed by atoms with E-state index in [-0.39, 0.29) is 12.2 Å². The minimum absolute atomic E-state index is 0.254. The average molecular weight is 228 g/mol. The third-order valence-corrected chi connectivity index (χ3v) is 3.28. The molecule has 2 saturated heterocycles. The largest absolute Gasteiger partial charge is 0.481 e. The average Bonchev–Trinajstić information content (AvgIpc) is 2.84. The van der Waals surface area contributed by atoms with Crippen LogP contribution in [-0.4, -0.2) is 35.9 Å². The predicted octanol–water partition coefficient (Wildman–Crippen LogP) is 0.818. The molecule has 0 aliphatic carbocycles. The molecule has 2 bridgehead atoms. The molecule has 16 heavy (non-hydrogen) atoms. The van der Waals surface area contributed by atoms with E-state index in [2.05, 4.69) is 0 Å². The van der Waals surface area contributed by atoms with Gasteiger partial charge in [-0.05, 0) is 19.3 Å². The smallest absolute Gasteiger partial charge is 0.312 e. The third-order valence-electron chi connectivity index (χ3n) is 3.28. The van der Waals surface area contributed by atoms with Crippen LogP contribution in [0.4, 0.5) is 0 Å². The molecule has 0 aromatic rings. The van der Waals surface area contributed by atoms with Crippen molar-refractivity contribution in [2.75, 3.05) is 6.61 Å². The van der Waals surface area contributed by atoms with E-state index in [0.717, 1.165) is 19.3 Å². The fraction of sp³-hybridized carbons (Fsp3) is 0.818. The molecule has 2 fully saturated rings. The van der Waals surface area contributed by atoms with E-state index in [4.69, 9.17) is 14.6 Å². The SMILES string of the molecule is CCCOC(=O)[C@@H]1[C@@H](C(=O)O)[C@@H]2CC[C@H]1O2. The molecule has 5 heteroatoms. The van der Waals surface area contributed by atoms with Crippen molar-refractivity contribution in [3.8, 4) is 0 Å². The van der Waals surface area contributed by atoms with E-state index in [9.17, 15) is 9.59 Å². The summed E-state index contributed by atoms with van der Waals surface area (Å²) in [7, 11) is 0. The van der Waals surface area contributed by atoms with Crippen molar-refractivity contribution in [1.82, 2.24) is 0 Å². The maximum Gasteiger partial charge on any atom is 0.312 e. The molecule has 0 aromatic carbocycles. The maximum atomic E-state index is 11.7. The Balaban J connectivity index is 2.06. The number of rotatable bonds is 4. The van der Waals surface area contributed by atoms with Crippen molar-refractivity contribution in [3.63, 3.8) is 0 Å². The molecule has 2 rings (SSSR count). The van der Waals surface area contributed by atoms with Crippen LogP contribution in [0.25, 0.3) is 0 Å². The maximum absolute atomic E-state index is 11.7. The summed E-state index contributed by atoms with van der Waals surface area (Å²) in [5.41, 5.74) is 0. The summed E-state index contributed by atoms with van der Waals surface area (Å²) >= 11 is 0. The molecule has 2 aliphatic rings. The standard InChI is InChI=1S/C11H16O5/c1-2-5-15-11(14)9-7-4-3-6(16-7)8(9)10(12)13/h6-9H,2-5H2,1H3,(H,12,13)/t6-,7+,8-,9-/m0/s1. The van der Waals surface area contributed by atoms with E-state index in [1.165, 1.54) is 0 Å². The van der Waals surface area contributed by atoms with Crippen molar-refractivity contribution in [3.05, 3.63) is 0 Å². The molecule has 2 heterocycles. The number of carboxylic acid groups (broad SMARTS) is 1. The molecule has 5 nitrogen and oxygen atoms in total. The Morgan fingerprint density at radius 2 is 1.94 bits per heavy atom. The second kappa shape index (κ2) is 4.41. The van der Waals surface area contributed by atoms with Gasteiger partial charge in [-0.3, -0.25) is 9.59 Å². The summed E-state index contributed by atoms with van der Waals surface area (Å²) in [6.45, 7) is 2.25. The molecular weight excluding hydrogens is 212 g/mol. The Hall–Kier alpha value is -1.10. The van der Waals surface area contributed by atoms with Gasteiger partial charge in [0, 0.05) is 0 Å². The first-order chi connectivity index (χ1) is 7.65. The molecule has 0 unspecified atom stereocenters. The van der Waals surface area contributed by atoms with Gasteiger partial charge in [-0.2, -0.15) is 0 Å². The van der Waals surface area contributed by atoms with Crippen molar-refractivity contribution in [2.45, 2.75) is 38.4 Å². The number of carbonyl (C=O) groups excluding carboxylic acids is 1. The van der Waals surface area contributed by atoms with Crippen LogP contribution in [0.15, 0.2) is 0 Å². The molecular formula is C11H16O5. The first-order valence-electron chi connectivity index (χ1n) is 5.70. The van der Waals surface area contributed by atoms with Crippen LogP contribution in [0, 0.1) is 11.8 Å². The Morgan fingerprint density at radius 3 is 2.50 bits per heavy atom. The van der Waals surface area contributed by atoms with Gasteiger partial charge >= 0.3 is 11.9 Å². The van der Waals surface area contributed by atoms with Crippen LogP contribution in [-0.2, 0) is 19.1 Å². The molecule has 4 atom stereocenters. The quantitative estimate of drug-likeness (QED) is 0.721. The highest BCUT2D eigenvalue weighted by atomic mass is 16.5. The number of hydrogen-bond acceptors (Lipinski definition) is 4. The number of aliphatic carboxylic acids is 1. The molecule has 0 saturated carbocycles. The van der Waals surface area contributed by atoms with Crippen LogP contribution < -0.4 is 0 Å². The van der Waals surface area contributed by atoms with Gasteiger partial charge in [-0.1, -0.05) is 6.92 Å². The molecule has 90 valence electrons. The van der Waals surface area contributed by atoms with Crippen LogP contribution in [0.2, 0.25) is 0 Å². The van der Waals surface area contributed by atoms with E-state index in [1.807, 2.05) is 6.92 Å². The Morgan fingerprint density at radius 1 is 1.31 bits per heavy atom. The fourth-order valence-corrected chi connectivity index (χ4v) is 2.59. The Bertz CT molecular complexity index is 301. The van der Waals surface area contributed by atoms with Gasteiger partial charge in [0.1, 0.15) is 0 Å². The highest BCUT2D eigenvalue weighted by Gasteiger charge is 2.56. The number of esters is 1. The summed E-state index contributed by atoms with van der Waals surface area (Å²) in [6.07, 6.45) is 1.68. The second-order valence-corrected chi connectivity index (χ2v) is 4.35. The molecule has 0 amide bonds. The van der Waals surface area contributed by atoms with Crippen LogP contribution in [0.1, 0.15) is 26.2 Å². The lowest BCUT2D eigenvalue weighted by Gasteiger charge is -2.22. The summed E-state index contributed by atoms with van der Waals surface area (Å²) < 4.78 is 10.5. The molecule has 0 radical (unpaired) electrons. The van der Waals surface area contributed by atoms with Crippen molar-refractivity contribution in [2.24, 2.45) is 11.8 Å². The zero-order chi connectivity index (χ0) is 11.7. The van der Waals surface area contributed by atoms with E-state index in [0.29, 0.717) is 6.61 Å². The number of carboxylic acids is 1. The zero-order valence-electron chi connectivity index (χ0n) is 9.22. The van der Waals surface area contributed by atoms with Crippen molar-refractivity contribution >= 4 is 11.9 Å². The highest BCUT2D eigenvalue weighted by Crippen LogP contribution is 2.44. The van der Waals surface area contributed by atoms with Gasteiger partial charge in [0.15, 0.2) is 0 Å². The monoisotopic (exact) mass is 228 g/mol. The summed E-state index contributed by atoms with van der Waals surface area (Å²) in [5, 5.41) is 9.09. The van der Waals surface area contributed by atoms with Crippen LogP contribution in [0.3, 0.4) is 0 Å². The Kier molecular flexibility index (Phi) is 3.14. The van der Waals surface area contributed by atoms with Gasteiger partial charge in [0.25, 0.3) is 0 Å². The van der Waals surface area contributed by atoms with Gasteiger partial charge in [0.05, 0.1) is 30.7 Å². The van der Waals surface area contributed by atoms with Gasteiger partial charge in [-0.15, -0.1) is 0 Å². The topological polar surface area (TPSA) is 72.8 Å². The third kappa shape index (κ3) is 1.80. The number of carbonyl (C=O) groups is 2. The van der Waals surface area contributed by atoms with E-state index < -0.39 is 23.8 Å².